The summed E-state index contributed by atoms with van der Waals surface area (Å²) in [6.45, 7) is 3.32. The van der Waals surface area contributed by atoms with Crippen LogP contribution in [0.1, 0.15) is 28.8 Å². The van der Waals surface area contributed by atoms with E-state index < -0.39 is 5.63 Å². The van der Waals surface area contributed by atoms with Crippen LogP contribution in [0.4, 0.5) is 5.69 Å². The molecule has 1 aliphatic rings. The maximum Gasteiger partial charge on any atom is 0.349 e. The molecule has 0 saturated carbocycles. The summed E-state index contributed by atoms with van der Waals surface area (Å²) in [7, 11) is 0. The van der Waals surface area contributed by atoms with Crippen LogP contribution >= 0.6 is 0 Å². The third-order valence-electron chi connectivity index (χ3n) is 5.16. The van der Waals surface area contributed by atoms with Gasteiger partial charge in [-0.1, -0.05) is 36.4 Å². The normalized spacial score (nSPS) is 15.1. The first-order chi connectivity index (χ1) is 13.1. The molecule has 5 heteroatoms. The standard InChI is InChI=1S/C22H22N2O3/c1-15-6-2-4-8-19(15)23-17-10-12-24(13-11-17)21(25)18-14-16-7-3-5-9-20(16)27-22(18)26/h2-9,14,17,23H,10-13H2,1H3. The maximum absolute atomic E-state index is 12.8. The van der Waals surface area contributed by atoms with Crippen molar-refractivity contribution in [2.75, 3.05) is 18.4 Å². The zero-order valence-corrected chi connectivity index (χ0v) is 15.3. The average molecular weight is 362 g/mol. The summed E-state index contributed by atoms with van der Waals surface area (Å²) >= 11 is 0. The summed E-state index contributed by atoms with van der Waals surface area (Å²) in [5.41, 5.74) is 2.39. The molecule has 1 fully saturated rings. The lowest BCUT2D eigenvalue weighted by Crippen LogP contribution is -2.43. The SMILES string of the molecule is Cc1ccccc1NC1CCN(C(=O)c2cc3ccccc3oc2=O)CC1. The molecule has 0 unspecified atom stereocenters. The Morgan fingerprint density at radius 1 is 1.07 bits per heavy atom. The van der Waals surface area contributed by atoms with E-state index in [1.807, 2.05) is 24.3 Å². The van der Waals surface area contributed by atoms with E-state index in [0.29, 0.717) is 24.7 Å². The van der Waals surface area contributed by atoms with Gasteiger partial charge in [0.25, 0.3) is 5.91 Å². The number of carbonyl (C=O) groups is 1. The average Bonchev–Trinajstić information content (AvgIpc) is 2.69. The molecule has 0 spiro atoms. The van der Waals surface area contributed by atoms with Crippen molar-refractivity contribution in [1.82, 2.24) is 4.90 Å². The minimum atomic E-state index is -0.571. The predicted molar refractivity (Wildman–Crippen MR) is 106 cm³/mol. The van der Waals surface area contributed by atoms with Crippen molar-refractivity contribution in [3.63, 3.8) is 0 Å². The van der Waals surface area contributed by atoms with Gasteiger partial charge in [0.1, 0.15) is 11.1 Å². The highest BCUT2D eigenvalue weighted by atomic mass is 16.4. The number of carbonyl (C=O) groups excluding carboxylic acids is 1. The Labute approximate surface area is 157 Å². The lowest BCUT2D eigenvalue weighted by molar-refractivity contribution is 0.0714. The first-order valence-corrected chi connectivity index (χ1v) is 9.26. The zero-order chi connectivity index (χ0) is 18.8. The molecular formula is C22H22N2O3. The molecule has 1 amide bonds. The van der Waals surface area contributed by atoms with Crippen LogP contribution in [-0.2, 0) is 0 Å². The highest BCUT2D eigenvalue weighted by Crippen LogP contribution is 2.21. The van der Waals surface area contributed by atoms with Crippen molar-refractivity contribution in [3.05, 3.63) is 76.1 Å². The first kappa shape index (κ1) is 17.3. The van der Waals surface area contributed by atoms with Gasteiger partial charge in [-0.15, -0.1) is 0 Å². The molecule has 3 aromatic rings. The molecule has 4 rings (SSSR count). The highest BCUT2D eigenvalue weighted by molar-refractivity contribution is 5.96. The van der Waals surface area contributed by atoms with Crippen molar-refractivity contribution >= 4 is 22.6 Å². The number of nitrogens with zero attached hydrogens (tertiary/aromatic N) is 1. The number of hydrogen-bond donors (Lipinski definition) is 1. The van der Waals surface area contributed by atoms with Gasteiger partial charge in [0, 0.05) is 30.2 Å². The Bertz CT molecular complexity index is 1030. The molecule has 2 aromatic carbocycles. The fourth-order valence-corrected chi connectivity index (χ4v) is 3.56. The predicted octanol–water partition coefficient (Wildman–Crippen LogP) is 3.82. The minimum absolute atomic E-state index is 0.110. The quantitative estimate of drug-likeness (QED) is 0.720. The second kappa shape index (κ2) is 7.27. The topological polar surface area (TPSA) is 62.6 Å². The smallest absolute Gasteiger partial charge is 0.349 e. The van der Waals surface area contributed by atoms with Gasteiger partial charge in [0.2, 0.25) is 0 Å². The van der Waals surface area contributed by atoms with Crippen LogP contribution in [0.5, 0.6) is 0 Å². The monoisotopic (exact) mass is 362 g/mol. The molecule has 0 bridgehead atoms. The Morgan fingerprint density at radius 3 is 2.56 bits per heavy atom. The number of nitrogens with one attached hydrogen (secondary N) is 1. The van der Waals surface area contributed by atoms with Crippen molar-refractivity contribution in [1.29, 1.82) is 0 Å². The summed E-state index contributed by atoms with van der Waals surface area (Å²) < 4.78 is 5.30. The van der Waals surface area contributed by atoms with E-state index in [1.54, 1.807) is 23.1 Å². The summed E-state index contributed by atoms with van der Waals surface area (Å²) in [5, 5.41) is 4.33. The van der Waals surface area contributed by atoms with Crippen LogP contribution in [0.2, 0.25) is 0 Å². The van der Waals surface area contributed by atoms with Crippen molar-refractivity contribution in [2.24, 2.45) is 0 Å². The van der Waals surface area contributed by atoms with Crippen LogP contribution in [-0.4, -0.2) is 29.9 Å². The molecule has 1 aromatic heterocycles. The van der Waals surface area contributed by atoms with E-state index in [2.05, 4.69) is 24.4 Å². The van der Waals surface area contributed by atoms with Gasteiger partial charge in [0.15, 0.2) is 0 Å². The third kappa shape index (κ3) is 3.58. The van der Waals surface area contributed by atoms with Crippen LogP contribution in [0.25, 0.3) is 11.0 Å². The number of para-hydroxylation sites is 2. The number of piperidine rings is 1. The van der Waals surface area contributed by atoms with Gasteiger partial charge in [-0.25, -0.2) is 4.79 Å². The van der Waals surface area contributed by atoms with Crippen molar-refractivity contribution in [2.45, 2.75) is 25.8 Å². The molecule has 1 aliphatic heterocycles. The summed E-state index contributed by atoms with van der Waals surface area (Å²) in [6, 6.07) is 17.4. The summed E-state index contributed by atoms with van der Waals surface area (Å²) in [5.74, 6) is -0.246. The lowest BCUT2D eigenvalue weighted by Gasteiger charge is -2.33. The van der Waals surface area contributed by atoms with Crippen LogP contribution in [0.3, 0.4) is 0 Å². The second-order valence-electron chi connectivity index (χ2n) is 7.01. The molecule has 5 nitrogen and oxygen atoms in total. The third-order valence-corrected chi connectivity index (χ3v) is 5.16. The molecule has 138 valence electrons. The van der Waals surface area contributed by atoms with Crippen LogP contribution in [0, 0.1) is 6.92 Å². The molecular weight excluding hydrogens is 340 g/mol. The number of rotatable bonds is 3. The molecule has 1 N–H and O–H groups in total. The fourth-order valence-electron chi connectivity index (χ4n) is 3.56. The van der Waals surface area contributed by atoms with Gasteiger partial charge >= 0.3 is 5.63 Å². The Balaban J connectivity index is 1.45. The number of aryl methyl sites for hydroxylation is 1. The number of amides is 1. The highest BCUT2D eigenvalue weighted by Gasteiger charge is 2.26. The van der Waals surface area contributed by atoms with Gasteiger partial charge < -0.3 is 14.6 Å². The van der Waals surface area contributed by atoms with Crippen molar-refractivity contribution in [3.8, 4) is 0 Å². The number of fused-ring (bicyclic) bond motifs is 1. The largest absolute Gasteiger partial charge is 0.422 e. The van der Waals surface area contributed by atoms with Gasteiger partial charge in [0.05, 0.1) is 0 Å². The molecule has 2 heterocycles. The van der Waals surface area contributed by atoms with Gasteiger partial charge in [-0.05, 0) is 43.5 Å². The van der Waals surface area contributed by atoms with Gasteiger partial charge in [-0.2, -0.15) is 0 Å². The number of hydrogen-bond acceptors (Lipinski definition) is 4. The fraction of sp³-hybridized carbons (Fsp3) is 0.273. The summed E-state index contributed by atoms with van der Waals surface area (Å²) in [6.07, 6.45) is 1.69. The first-order valence-electron chi connectivity index (χ1n) is 9.26. The van der Waals surface area contributed by atoms with E-state index in [1.165, 1.54) is 5.56 Å². The van der Waals surface area contributed by atoms with E-state index >= 15 is 0 Å². The number of benzene rings is 2. The molecule has 0 atom stereocenters. The Morgan fingerprint density at radius 2 is 1.78 bits per heavy atom. The molecule has 0 radical (unpaired) electrons. The number of anilines is 1. The van der Waals surface area contributed by atoms with Crippen LogP contribution in [0.15, 0.2) is 63.8 Å². The van der Waals surface area contributed by atoms with E-state index in [9.17, 15) is 9.59 Å². The second-order valence-corrected chi connectivity index (χ2v) is 7.01. The molecule has 0 aliphatic carbocycles. The minimum Gasteiger partial charge on any atom is -0.422 e. The Hall–Kier alpha value is -3.08. The number of likely N-dealkylation sites (tertiary alicyclic amines) is 1. The Kier molecular flexibility index (Phi) is 4.67. The van der Waals surface area contributed by atoms with E-state index in [4.69, 9.17) is 4.42 Å². The molecule has 1 saturated heterocycles. The van der Waals surface area contributed by atoms with E-state index in [-0.39, 0.29) is 11.5 Å². The molecule has 27 heavy (non-hydrogen) atoms. The maximum atomic E-state index is 12.8. The van der Waals surface area contributed by atoms with E-state index in [0.717, 1.165) is 23.9 Å². The van der Waals surface area contributed by atoms with Crippen LogP contribution < -0.4 is 10.9 Å². The summed E-state index contributed by atoms with van der Waals surface area (Å²) in [4.78, 5) is 26.8. The van der Waals surface area contributed by atoms with Gasteiger partial charge in [-0.3, -0.25) is 4.79 Å². The lowest BCUT2D eigenvalue weighted by atomic mass is 10.0. The zero-order valence-electron chi connectivity index (χ0n) is 15.3. The van der Waals surface area contributed by atoms with Crippen molar-refractivity contribution < 1.29 is 9.21 Å².